The first-order valence-electron chi connectivity index (χ1n) is 8.99. The number of aldehydes is 1. The van der Waals surface area contributed by atoms with Gasteiger partial charge in [-0.25, -0.2) is 0 Å². The highest BCUT2D eigenvalue weighted by Crippen LogP contribution is 2.18. The maximum atomic E-state index is 10.4. The van der Waals surface area contributed by atoms with Crippen LogP contribution in [-0.4, -0.2) is 19.4 Å². The van der Waals surface area contributed by atoms with Crippen molar-refractivity contribution in [2.75, 3.05) is 13.1 Å². The number of unbranched alkanes of at least 4 members (excludes halogenated alkanes) is 8. The third kappa shape index (κ3) is 14.0. The maximum Gasteiger partial charge on any atom is 0.133 e. The minimum Gasteiger partial charge on any atom is -0.310 e. The zero-order valence-corrected chi connectivity index (χ0v) is 14.0. The molecule has 0 heterocycles. The highest BCUT2D eigenvalue weighted by Gasteiger charge is 2.08. The lowest BCUT2D eigenvalue weighted by Crippen LogP contribution is -2.24. The van der Waals surface area contributed by atoms with E-state index in [2.05, 4.69) is 19.2 Å². The Morgan fingerprint density at radius 2 is 1.30 bits per heavy atom. The first-order valence-corrected chi connectivity index (χ1v) is 8.99. The number of carbonyl (C=O) groups excluding carboxylic acids is 1. The van der Waals surface area contributed by atoms with Gasteiger partial charge in [0.05, 0.1) is 6.54 Å². The van der Waals surface area contributed by atoms with Gasteiger partial charge in [-0.05, 0) is 25.3 Å². The first-order chi connectivity index (χ1) is 9.85. The van der Waals surface area contributed by atoms with Crippen LogP contribution in [0.5, 0.6) is 0 Å². The van der Waals surface area contributed by atoms with E-state index in [9.17, 15) is 4.79 Å². The van der Waals surface area contributed by atoms with E-state index in [1.165, 1.54) is 77.0 Å². The molecule has 1 atom stereocenters. The van der Waals surface area contributed by atoms with Crippen LogP contribution in [0, 0.1) is 5.92 Å². The second-order valence-electron chi connectivity index (χ2n) is 6.10. The molecule has 2 nitrogen and oxygen atoms in total. The van der Waals surface area contributed by atoms with Gasteiger partial charge in [-0.3, -0.25) is 0 Å². The molecule has 0 aliphatic heterocycles. The molecular formula is C18H37NO. The Bertz CT molecular complexity index is 194. The third-order valence-corrected chi connectivity index (χ3v) is 4.09. The molecule has 0 bridgehead atoms. The van der Waals surface area contributed by atoms with Crippen LogP contribution in [0.1, 0.15) is 90.9 Å². The molecule has 0 aliphatic rings. The van der Waals surface area contributed by atoms with Crippen LogP contribution in [-0.2, 0) is 4.79 Å². The van der Waals surface area contributed by atoms with E-state index in [4.69, 9.17) is 0 Å². The summed E-state index contributed by atoms with van der Waals surface area (Å²) >= 11 is 0. The predicted molar refractivity (Wildman–Crippen MR) is 89.2 cm³/mol. The summed E-state index contributed by atoms with van der Waals surface area (Å²) in [5, 5.41) is 3.27. The molecule has 20 heavy (non-hydrogen) atoms. The zero-order chi connectivity index (χ0) is 14.9. The van der Waals surface area contributed by atoms with E-state index in [-0.39, 0.29) is 0 Å². The molecule has 0 aromatic rings. The van der Waals surface area contributed by atoms with Crippen LogP contribution in [0.4, 0.5) is 0 Å². The average molecular weight is 283 g/mol. The average Bonchev–Trinajstić information content (AvgIpc) is 2.46. The Morgan fingerprint density at radius 3 is 1.85 bits per heavy atom. The zero-order valence-electron chi connectivity index (χ0n) is 14.0. The Kier molecular flexibility index (Phi) is 16.4. The van der Waals surface area contributed by atoms with E-state index < -0.39 is 0 Å². The van der Waals surface area contributed by atoms with E-state index >= 15 is 0 Å². The maximum absolute atomic E-state index is 10.4. The molecule has 120 valence electrons. The van der Waals surface area contributed by atoms with Gasteiger partial charge >= 0.3 is 0 Å². The van der Waals surface area contributed by atoms with Crippen molar-refractivity contribution in [1.82, 2.24) is 5.32 Å². The molecule has 0 rings (SSSR count). The smallest absolute Gasteiger partial charge is 0.133 e. The largest absolute Gasteiger partial charge is 0.310 e. The minimum absolute atomic E-state index is 0.516. The Morgan fingerprint density at radius 1 is 0.800 bits per heavy atom. The van der Waals surface area contributed by atoms with Crippen molar-refractivity contribution in [2.45, 2.75) is 90.9 Å². The van der Waals surface area contributed by atoms with Crippen molar-refractivity contribution in [1.29, 1.82) is 0 Å². The van der Waals surface area contributed by atoms with Gasteiger partial charge in [0, 0.05) is 0 Å². The number of nitrogens with one attached hydrogen (secondary N) is 1. The van der Waals surface area contributed by atoms with E-state index in [0.29, 0.717) is 6.54 Å². The number of hydrogen-bond donors (Lipinski definition) is 1. The van der Waals surface area contributed by atoms with Gasteiger partial charge in [0.1, 0.15) is 6.29 Å². The molecule has 0 aliphatic carbocycles. The second kappa shape index (κ2) is 16.7. The lowest BCUT2D eigenvalue weighted by Gasteiger charge is -2.17. The SMILES string of the molecule is CCCCCCCCC(CCCCCC)CNCC=O. The monoisotopic (exact) mass is 283 g/mol. The lowest BCUT2D eigenvalue weighted by atomic mass is 9.94. The van der Waals surface area contributed by atoms with Crippen molar-refractivity contribution in [2.24, 2.45) is 5.92 Å². The van der Waals surface area contributed by atoms with Crippen LogP contribution < -0.4 is 5.32 Å². The van der Waals surface area contributed by atoms with Crippen molar-refractivity contribution in [3.05, 3.63) is 0 Å². The predicted octanol–water partition coefficient (Wildman–Crippen LogP) is 5.11. The Hall–Kier alpha value is -0.370. The summed E-state index contributed by atoms with van der Waals surface area (Å²) in [5.74, 6) is 0.776. The topological polar surface area (TPSA) is 29.1 Å². The van der Waals surface area contributed by atoms with Crippen LogP contribution in [0.15, 0.2) is 0 Å². The van der Waals surface area contributed by atoms with Crippen LogP contribution in [0.2, 0.25) is 0 Å². The standard InChI is InChI=1S/C18H37NO/c1-3-5-7-9-10-12-14-18(17-19-15-16-20)13-11-8-6-4-2/h16,18-19H,3-15,17H2,1-2H3. The fourth-order valence-electron chi connectivity index (χ4n) is 2.77. The minimum atomic E-state index is 0.516. The van der Waals surface area contributed by atoms with Gasteiger partial charge in [-0.15, -0.1) is 0 Å². The van der Waals surface area contributed by atoms with Gasteiger partial charge in [0.25, 0.3) is 0 Å². The first kappa shape index (κ1) is 19.6. The lowest BCUT2D eigenvalue weighted by molar-refractivity contribution is -0.107. The summed E-state index contributed by atoms with van der Waals surface area (Å²) in [5.41, 5.74) is 0. The molecule has 1 unspecified atom stereocenters. The van der Waals surface area contributed by atoms with Crippen molar-refractivity contribution < 1.29 is 4.79 Å². The van der Waals surface area contributed by atoms with Crippen LogP contribution >= 0.6 is 0 Å². The van der Waals surface area contributed by atoms with Crippen LogP contribution in [0.3, 0.4) is 0 Å². The van der Waals surface area contributed by atoms with Gasteiger partial charge in [0.15, 0.2) is 0 Å². The molecule has 2 heteroatoms. The molecule has 0 saturated heterocycles. The molecule has 0 aromatic heterocycles. The fourth-order valence-corrected chi connectivity index (χ4v) is 2.77. The van der Waals surface area contributed by atoms with Gasteiger partial charge in [-0.2, -0.15) is 0 Å². The highest BCUT2D eigenvalue weighted by atomic mass is 16.1. The van der Waals surface area contributed by atoms with E-state index in [1.54, 1.807) is 0 Å². The van der Waals surface area contributed by atoms with E-state index in [1.807, 2.05) is 0 Å². The summed E-state index contributed by atoms with van der Waals surface area (Å²) in [7, 11) is 0. The molecule has 0 fully saturated rings. The summed E-state index contributed by atoms with van der Waals surface area (Å²) in [4.78, 5) is 10.4. The third-order valence-electron chi connectivity index (χ3n) is 4.09. The second-order valence-corrected chi connectivity index (χ2v) is 6.10. The summed E-state index contributed by atoms with van der Waals surface area (Å²) in [6.07, 6.45) is 17.3. The normalized spacial score (nSPS) is 12.5. The molecule has 0 saturated carbocycles. The highest BCUT2D eigenvalue weighted by molar-refractivity contribution is 5.51. The van der Waals surface area contributed by atoms with Crippen molar-refractivity contribution in [3.8, 4) is 0 Å². The summed E-state index contributed by atoms with van der Waals surface area (Å²) in [6, 6.07) is 0. The Labute approximate surface area is 127 Å². The number of hydrogen-bond acceptors (Lipinski definition) is 2. The Balaban J connectivity index is 3.65. The molecular weight excluding hydrogens is 246 g/mol. The van der Waals surface area contributed by atoms with Gasteiger partial charge < -0.3 is 10.1 Å². The van der Waals surface area contributed by atoms with E-state index in [0.717, 1.165) is 18.7 Å². The summed E-state index contributed by atoms with van der Waals surface area (Å²) < 4.78 is 0. The molecule has 0 amide bonds. The quantitative estimate of drug-likeness (QED) is 0.315. The molecule has 1 N–H and O–H groups in total. The molecule has 0 spiro atoms. The number of rotatable bonds is 16. The van der Waals surface area contributed by atoms with Crippen LogP contribution in [0.25, 0.3) is 0 Å². The number of carbonyl (C=O) groups is 1. The molecule has 0 aromatic carbocycles. The van der Waals surface area contributed by atoms with Crippen molar-refractivity contribution >= 4 is 6.29 Å². The fraction of sp³-hybridized carbons (Fsp3) is 0.944. The summed E-state index contributed by atoms with van der Waals surface area (Å²) in [6.45, 7) is 6.08. The van der Waals surface area contributed by atoms with Gasteiger partial charge in [0.2, 0.25) is 0 Å². The molecule has 0 radical (unpaired) electrons. The van der Waals surface area contributed by atoms with Gasteiger partial charge in [-0.1, -0.05) is 78.1 Å². The van der Waals surface area contributed by atoms with Crippen molar-refractivity contribution in [3.63, 3.8) is 0 Å².